The zero-order chi connectivity index (χ0) is 31.0. The van der Waals surface area contributed by atoms with E-state index in [2.05, 4.69) is 10.1 Å². The van der Waals surface area contributed by atoms with Gasteiger partial charge in [0, 0.05) is 17.5 Å². The van der Waals surface area contributed by atoms with E-state index in [9.17, 15) is 31.4 Å². The fourth-order valence-electron chi connectivity index (χ4n) is 4.65. The van der Waals surface area contributed by atoms with Gasteiger partial charge in [-0.15, -0.1) is 0 Å². The third-order valence-corrected chi connectivity index (χ3v) is 7.06. The van der Waals surface area contributed by atoms with Crippen LogP contribution in [0.4, 0.5) is 26.3 Å². The van der Waals surface area contributed by atoms with Crippen LogP contribution in [0, 0.1) is 23.5 Å². The first kappa shape index (κ1) is 32.2. The van der Waals surface area contributed by atoms with E-state index in [-0.39, 0.29) is 23.8 Å². The van der Waals surface area contributed by atoms with Crippen molar-refractivity contribution in [3.8, 4) is 5.75 Å². The highest BCUT2D eigenvalue weighted by Gasteiger charge is 2.42. The normalized spacial score (nSPS) is 20.1. The molecule has 2 unspecified atom stereocenters. The zero-order valence-electron chi connectivity index (χ0n) is 23.1. The molecule has 0 radical (unpaired) electrons. The Hall–Kier alpha value is -3.68. The molecule has 4 rings (SSSR count). The van der Waals surface area contributed by atoms with Crippen LogP contribution in [-0.2, 0) is 21.6 Å². The lowest BCUT2D eigenvalue weighted by Crippen LogP contribution is -2.42. The number of aliphatic hydroxyl groups is 1. The molecule has 0 amide bonds. The predicted octanol–water partition coefficient (Wildman–Crippen LogP) is 6.01. The van der Waals surface area contributed by atoms with E-state index >= 15 is 0 Å². The Balaban J connectivity index is 1.28. The van der Waals surface area contributed by atoms with Gasteiger partial charge in [0.1, 0.15) is 35.6 Å². The highest BCUT2D eigenvalue weighted by molar-refractivity contribution is 5.52. The fourth-order valence-corrected chi connectivity index (χ4v) is 4.65. The van der Waals surface area contributed by atoms with Crippen molar-refractivity contribution < 1.29 is 45.7 Å². The maximum atomic E-state index is 14.8. The van der Waals surface area contributed by atoms with Crippen LogP contribution >= 0.6 is 0 Å². The Morgan fingerprint density at radius 3 is 2.44 bits per heavy atom. The SMILES string of the molecule is CC(CC1COC(C=CC=Cc2ccc(OCC(F)(F)C(F)F)cc2)OC1)C(O)(Cn1cncn1)c1ccc(F)cc1F. The van der Waals surface area contributed by atoms with Crippen LogP contribution in [0.1, 0.15) is 24.5 Å². The van der Waals surface area contributed by atoms with Crippen molar-refractivity contribution >= 4 is 6.08 Å². The van der Waals surface area contributed by atoms with Crippen molar-refractivity contribution in [1.82, 2.24) is 14.8 Å². The molecule has 1 aliphatic heterocycles. The molecule has 232 valence electrons. The lowest BCUT2D eigenvalue weighted by atomic mass is 9.77. The molecule has 1 aliphatic rings. The van der Waals surface area contributed by atoms with Crippen molar-refractivity contribution in [2.24, 2.45) is 11.8 Å². The van der Waals surface area contributed by atoms with Gasteiger partial charge in [-0.1, -0.05) is 43.4 Å². The summed E-state index contributed by atoms with van der Waals surface area (Å²) in [5, 5.41) is 15.7. The molecule has 1 saturated heterocycles. The number of benzene rings is 2. The first-order chi connectivity index (χ1) is 20.5. The topological polar surface area (TPSA) is 78.6 Å². The van der Waals surface area contributed by atoms with Gasteiger partial charge in [0.05, 0.1) is 19.8 Å². The van der Waals surface area contributed by atoms with Crippen LogP contribution in [0.25, 0.3) is 6.08 Å². The molecule has 0 saturated carbocycles. The summed E-state index contributed by atoms with van der Waals surface area (Å²) in [5.74, 6) is -6.40. The molecule has 0 spiro atoms. The number of ether oxygens (including phenoxy) is 3. The molecule has 0 bridgehead atoms. The fraction of sp³-hybridized carbons (Fsp3) is 0.400. The van der Waals surface area contributed by atoms with Crippen LogP contribution < -0.4 is 4.74 Å². The summed E-state index contributed by atoms with van der Waals surface area (Å²) in [6.45, 7) is 0.905. The Kier molecular flexibility index (Phi) is 10.6. The summed E-state index contributed by atoms with van der Waals surface area (Å²) in [4.78, 5) is 3.88. The molecule has 7 nitrogen and oxygen atoms in total. The van der Waals surface area contributed by atoms with Crippen LogP contribution in [-0.4, -0.2) is 58.3 Å². The summed E-state index contributed by atoms with van der Waals surface area (Å²) in [7, 11) is 0. The second-order valence-corrected chi connectivity index (χ2v) is 10.3. The van der Waals surface area contributed by atoms with Crippen molar-refractivity contribution in [3.63, 3.8) is 0 Å². The number of hydrogen-bond acceptors (Lipinski definition) is 6. The number of alkyl halides is 4. The van der Waals surface area contributed by atoms with Crippen molar-refractivity contribution in [2.75, 3.05) is 19.8 Å². The van der Waals surface area contributed by atoms with Crippen LogP contribution in [0.5, 0.6) is 5.75 Å². The summed E-state index contributed by atoms with van der Waals surface area (Å²) in [6, 6.07) is 9.04. The lowest BCUT2D eigenvalue weighted by molar-refractivity contribution is -0.181. The van der Waals surface area contributed by atoms with E-state index in [1.54, 1.807) is 43.4 Å². The Morgan fingerprint density at radius 2 is 1.81 bits per heavy atom. The number of hydrogen-bond donors (Lipinski definition) is 1. The van der Waals surface area contributed by atoms with Gasteiger partial charge in [-0.05, 0) is 42.2 Å². The minimum atomic E-state index is -4.23. The van der Waals surface area contributed by atoms with E-state index in [4.69, 9.17) is 14.2 Å². The van der Waals surface area contributed by atoms with Gasteiger partial charge < -0.3 is 19.3 Å². The van der Waals surface area contributed by atoms with Gasteiger partial charge in [-0.3, -0.25) is 0 Å². The summed E-state index contributed by atoms with van der Waals surface area (Å²) >= 11 is 0. The second kappa shape index (κ2) is 14.2. The smallest absolute Gasteiger partial charge is 0.340 e. The van der Waals surface area contributed by atoms with Crippen molar-refractivity contribution in [2.45, 2.75) is 44.1 Å². The van der Waals surface area contributed by atoms with Gasteiger partial charge in [-0.2, -0.15) is 13.9 Å². The number of halogens is 6. The maximum absolute atomic E-state index is 14.8. The van der Waals surface area contributed by atoms with Crippen LogP contribution in [0.15, 0.2) is 73.3 Å². The molecule has 2 heterocycles. The monoisotopic (exact) mass is 611 g/mol. The number of allylic oxidation sites excluding steroid dienone is 2. The Morgan fingerprint density at radius 1 is 1.09 bits per heavy atom. The Bertz CT molecular complexity index is 1360. The maximum Gasteiger partial charge on any atom is 0.340 e. The number of rotatable bonds is 13. The average molecular weight is 612 g/mol. The van der Waals surface area contributed by atoms with Crippen LogP contribution in [0.2, 0.25) is 0 Å². The van der Waals surface area contributed by atoms with E-state index in [1.165, 1.54) is 35.5 Å². The minimum Gasteiger partial charge on any atom is -0.487 e. The summed E-state index contributed by atoms with van der Waals surface area (Å²) in [5.41, 5.74) is -1.04. The third kappa shape index (κ3) is 8.68. The second-order valence-electron chi connectivity index (χ2n) is 10.3. The van der Waals surface area contributed by atoms with Gasteiger partial charge in [-0.25, -0.2) is 27.2 Å². The highest BCUT2D eigenvalue weighted by atomic mass is 19.3. The van der Waals surface area contributed by atoms with E-state index in [0.29, 0.717) is 25.2 Å². The predicted molar refractivity (Wildman–Crippen MR) is 144 cm³/mol. The van der Waals surface area contributed by atoms with E-state index in [1.807, 2.05) is 0 Å². The summed E-state index contributed by atoms with van der Waals surface area (Å²) in [6.07, 6.45) is 5.54. The third-order valence-electron chi connectivity index (χ3n) is 7.06. The minimum absolute atomic E-state index is 0.0422. The largest absolute Gasteiger partial charge is 0.487 e. The van der Waals surface area contributed by atoms with E-state index in [0.717, 1.165) is 12.1 Å². The van der Waals surface area contributed by atoms with Gasteiger partial charge >= 0.3 is 12.3 Å². The van der Waals surface area contributed by atoms with Crippen LogP contribution in [0.3, 0.4) is 0 Å². The number of aromatic nitrogens is 3. The average Bonchev–Trinajstić information content (AvgIpc) is 3.48. The molecule has 1 N–H and O–H groups in total. The first-order valence-electron chi connectivity index (χ1n) is 13.4. The van der Waals surface area contributed by atoms with E-state index < -0.39 is 48.4 Å². The lowest BCUT2D eigenvalue weighted by Gasteiger charge is -2.38. The molecule has 0 aliphatic carbocycles. The molecule has 1 fully saturated rings. The van der Waals surface area contributed by atoms with Gasteiger partial charge in [0.25, 0.3) is 0 Å². The highest BCUT2D eigenvalue weighted by Crippen LogP contribution is 2.37. The molecule has 13 heteroatoms. The Labute approximate surface area is 244 Å². The quantitative estimate of drug-likeness (QED) is 0.189. The van der Waals surface area contributed by atoms with Gasteiger partial charge in [0.15, 0.2) is 12.9 Å². The summed E-state index contributed by atoms with van der Waals surface area (Å²) < 4.78 is 96.5. The molecule has 3 aromatic rings. The van der Waals surface area contributed by atoms with Crippen molar-refractivity contribution in [3.05, 3.63) is 96.1 Å². The number of nitrogens with zero attached hydrogens (tertiary/aromatic N) is 3. The molecule has 43 heavy (non-hydrogen) atoms. The zero-order valence-corrected chi connectivity index (χ0v) is 23.1. The molecular formula is C30H31F6N3O4. The molecule has 2 aromatic carbocycles. The first-order valence-corrected chi connectivity index (χ1v) is 13.4. The van der Waals surface area contributed by atoms with Crippen molar-refractivity contribution in [1.29, 1.82) is 0 Å². The molecule has 2 atom stereocenters. The van der Waals surface area contributed by atoms with Gasteiger partial charge in [0.2, 0.25) is 0 Å². The molecular weight excluding hydrogens is 580 g/mol. The molecule has 1 aromatic heterocycles. The standard InChI is InChI=1S/C30H31F6N3O4/c1-20(29(40,16-39-19-37-18-38-39)25-11-8-23(31)13-26(25)32)12-22-14-41-27(42-15-22)5-3-2-4-21-6-9-24(10-7-21)43-17-30(35,36)28(33)34/h2-11,13,18-20,22,27-28,40H,12,14-17H2,1H3.